The van der Waals surface area contributed by atoms with Gasteiger partial charge in [0.25, 0.3) is 0 Å². The van der Waals surface area contributed by atoms with Crippen molar-refractivity contribution in [3.63, 3.8) is 0 Å². The smallest absolute Gasteiger partial charge is 0.389 e. The van der Waals surface area contributed by atoms with Gasteiger partial charge in [-0.2, -0.15) is 0 Å². The SMILES string of the molecule is O=C1C=CC=C/C1=C/NCCN1CC1.O=C1C=CC=C/C1=C/NCCN1CC1.[Ni+2]. The Labute approximate surface area is 182 Å². The van der Waals surface area contributed by atoms with Crippen LogP contribution in [0.15, 0.2) is 72.2 Å². The molecule has 29 heavy (non-hydrogen) atoms. The molecular weight excluding hydrogens is 411 g/mol. The van der Waals surface area contributed by atoms with Crippen LogP contribution in [0.25, 0.3) is 0 Å². The summed E-state index contributed by atoms with van der Waals surface area (Å²) in [6.45, 7) is 8.84. The third kappa shape index (κ3) is 9.22. The van der Waals surface area contributed by atoms with Gasteiger partial charge < -0.3 is 10.6 Å². The summed E-state index contributed by atoms with van der Waals surface area (Å²) in [5.74, 6) is 0.151. The maximum absolute atomic E-state index is 11.3. The van der Waals surface area contributed by atoms with Gasteiger partial charge in [0.2, 0.25) is 0 Å². The fourth-order valence-electron chi connectivity index (χ4n) is 2.60. The number of rotatable bonds is 8. The van der Waals surface area contributed by atoms with Crippen molar-refractivity contribution in [3.8, 4) is 0 Å². The van der Waals surface area contributed by atoms with Crippen LogP contribution >= 0.6 is 0 Å². The van der Waals surface area contributed by atoms with Gasteiger partial charge in [-0.1, -0.05) is 24.3 Å². The maximum Gasteiger partial charge on any atom is 2.00 e. The first-order valence-electron chi connectivity index (χ1n) is 9.82. The average molecular weight is 439 g/mol. The van der Waals surface area contributed by atoms with Gasteiger partial charge in [0.05, 0.1) is 0 Å². The molecule has 2 fully saturated rings. The monoisotopic (exact) mass is 438 g/mol. The second kappa shape index (κ2) is 12.4. The molecule has 0 radical (unpaired) electrons. The molecule has 0 unspecified atom stereocenters. The predicted molar refractivity (Wildman–Crippen MR) is 112 cm³/mol. The van der Waals surface area contributed by atoms with Gasteiger partial charge in [-0.3, -0.25) is 19.4 Å². The molecule has 2 saturated heterocycles. The van der Waals surface area contributed by atoms with Crippen molar-refractivity contribution in [1.29, 1.82) is 0 Å². The van der Waals surface area contributed by atoms with Gasteiger partial charge in [-0.15, -0.1) is 0 Å². The summed E-state index contributed by atoms with van der Waals surface area (Å²) >= 11 is 0. The Balaban J connectivity index is 0.000000200. The first-order valence-corrected chi connectivity index (χ1v) is 9.82. The van der Waals surface area contributed by atoms with Crippen molar-refractivity contribution in [2.75, 3.05) is 52.4 Å². The van der Waals surface area contributed by atoms with Crippen LogP contribution in [-0.2, 0) is 26.1 Å². The zero-order chi connectivity index (χ0) is 19.6. The van der Waals surface area contributed by atoms with Crippen LogP contribution in [0.2, 0.25) is 0 Å². The van der Waals surface area contributed by atoms with Gasteiger partial charge in [-0.05, 0) is 24.3 Å². The molecule has 0 aromatic heterocycles. The van der Waals surface area contributed by atoms with Crippen LogP contribution in [0.3, 0.4) is 0 Å². The van der Waals surface area contributed by atoms with Crippen molar-refractivity contribution in [2.24, 2.45) is 0 Å². The summed E-state index contributed by atoms with van der Waals surface area (Å²) in [6.07, 6.45) is 17.7. The molecule has 4 rings (SSSR count). The van der Waals surface area contributed by atoms with Crippen LogP contribution in [0, 0.1) is 0 Å². The maximum atomic E-state index is 11.3. The van der Waals surface area contributed by atoms with E-state index in [4.69, 9.17) is 0 Å². The van der Waals surface area contributed by atoms with E-state index < -0.39 is 0 Å². The van der Waals surface area contributed by atoms with Crippen molar-refractivity contribution in [2.45, 2.75) is 0 Å². The second-order valence-electron chi connectivity index (χ2n) is 6.96. The van der Waals surface area contributed by atoms with Crippen molar-refractivity contribution >= 4 is 11.6 Å². The Morgan fingerprint density at radius 1 is 0.690 bits per heavy atom. The number of nitrogens with one attached hydrogen (secondary N) is 2. The minimum atomic E-state index is 0. The molecule has 4 aliphatic rings. The molecule has 156 valence electrons. The largest absolute Gasteiger partial charge is 2.00 e. The third-order valence-corrected chi connectivity index (χ3v) is 4.58. The molecule has 0 aromatic rings. The van der Waals surface area contributed by atoms with Crippen molar-refractivity contribution in [1.82, 2.24) is 20.4 Å². The molecule has 6 nitrogen and oxygen atoms in total. The molecule has 0 amide bonds. The number of carbonyl (C=O) groups is 2. The molecule has 0 saturated carbocycles. The molecule has 2 N–H and O–H groups in total. The summed E-state index contributed by atoms with van der Waals surface area (Å²) in [6, 6.07) is 0. The van der Waals surface area contributed by atoms with Crippen LogP contribution in [0.1, 0.15) is 0 Å². The minimum absolute atomic E-state index is 0. The van der Waals surface area contributed by atoms with E-state index in [9.17, 15) is 9.59 Å². The van der Waals surface area contributed by atoms with Gasteiger partial charge in [0.1, 0.15) is 0 Å². The van der Waals surface area contributed by atoms with E-state index in [0.29, 0.717) is 0 Å². The summed E-state index contributed by atoms with van der Waals surface area (Å²) < 4.78 is 0. The molecule has 7 heteroatoms. The average Bonchev–Trinajstić information content (AvgIpc) is 3.61. The van der Waals surface area contributed by atoms with E-state index in [-0.39, 0.29) is 28.1 Å². The topological polar surface area (TPSA) is 64.2 Å². The molecule has 2 aliphatic carbocycles. The zero-order valence-electron chi connectivity index (χ0n) is 16.5. The van der Waals surface area contributed by atoms with E-state index in [1.165, 1.54) is 26.2 Å². The van der Waals surface area contributed by atoms with Crippen LogP contribution in [0.4, 0.5) is 0 Å². The summed E-state index contributed by atoms with van der Waals surface area (Å²) in [7, 11) is 0. The Hall–Kier alpha value is -2.21. The Morgan fingerprint density at radius 3 is 1.41 bits per heavy atom. The van der Waals surface area contributed by atoms with Gasteiger partial charge in [-0.25, -0.2) is 0 Å². The molecule has 0 atom stereocenters. The van der Waals surface area contributed by atoms with Gasteiger partial charge in [0.15, 0.2) is 11.6 Å². The minimum Gasteiger partial charge on any atom is -0.389 e. The van der Waals surface area contributed by atoms with E-state index in [1.54, 1.807) is 36.7 Å². The molecule has 0 aromatic carbocycles. The Bertz CT molecular complexity index is 693. The molecule has 2 aliphatic heterocycles. The molecule has 2 heterocycles. The van der Waals surface area contributed by atoms with Crippen molar-refractivity contribution < 1.29 is 26.1 Å². The third-order valence-electron chi connectivity index (χ3n) is 4.58. The van der Waals surface area contributed by atoms with E-state index in [0.717, 1.165) is 37.3 Å². The number of hydrogen-bond acceptors (Lipinski definition) is 6. The predicted octanol–water partition coefficient (Wildman–Crippen LogP) is 0.939. The first kappa shape index (κ1) is 23.1. The van der Waals surface area contributed by atoms with Gasteiger partial charge >= 0.3 is 16.5 Å². The van der Waals surface area contributed by atoms with E-state index >= 15 is 0 Å². The van der Waals surface area contributed by atoms with Crippen molar-refractivity contribution in [3.05, 3.63) is 72.2 Å². The summed E-state index contributed by atoms with van der Waals surface area (Å²) in [5.41, 5.74) is 1.47. The zero-order valence-corrected chi connectivity index (χ0v) is 17.4. The molecule has 0 spiro atoms. The quantitative estimate of drug-likeness (QED) is 0.254. The fraction of sp³-hybridized carbons (Fsp3) is 0.364. The van der Waals surface area contributed by atoms with E-state index in [2.05, 4.69) is 20.4 Å². The van der Waals surface area contributed by atoms with Gasteiger partial charge in [0, 0.05) is 75.9 Å². The number of allylic oxidation sites excluding steroid dienone is 10. The Morgan fingerprint density at radius 2 is 1.07 bits per heavy atom. The van der Waals surface area contributed by atoms with Crippen LogP contribution < -0.4 is 10.6 Å². The summed E-state index contributed by atoms with van der Waals surface area (Å²) in [5, 5.41) is 6.29. The van der Waals surface area contributed by atoms with Crippen LogP contribution in [0.5, 0.6) is 0 Å². The Kier molecular flexibility index (Phi) is 9.85. The second-order valence-corrected chi connectivity index (χ2v) is 6.96. The number of hydrogen-bond donors (Lipinski definition) is 2. The normalized spacial score (nSPS) is 22.3. The first-order chi connectivity index (χ1) is 13.7. The fourth-order valence-corrected chi connectivity index (χ4v) is 2.60. The number of ketones is 2. The standard InChI is InChI=1S/2C11H14N2O.Ni/c2*14-11-4-2-1-3-10(11)9-12-5-6-13-7-8-13;/h2*1-4,9,12H,5-8H2;/q;;+2/b2*10-9-;. The number of carbonyl (C=O) groups excluding carboxylic acids is 2. The molecular formula is C22H28N4NiO2+2. The number of nitrogens with zero attached hydrogens (tertiary/aromatic N) is 2. The molecule has 0 bridgehead atoms. The van der Waals surface area contributed by atoms with E-state index in [1.807, 2.05) is 24.3 Å². The van der Waals surface area contributed by atoms with Crippen LogP contribution in [-0.4, -0.2) is 73.7 Å². The summed E-state index contributed by atoms with van der Waals surface area (Å²) in [4.78, 5) is 27.2.